The van der Waals surface area contributed by atoms with Gasteiger partial charge in [-0.25, -0.2) is 0 Å². The van der Waals surface area contributed by atoms with Crippen molar-refractivity contribution in [3.05, 3.63) is 29.8 Å². The molecule has 130 valence electrons. The number of carbonyl (C=O) groups is 1. The summed E-state index contributed by atoms with van der Waals surface area (Å²) in [6.07, 6.45) is -1.75. The number of hydrogen-bond acceptors (Lipinski definition) is 5. The first kappa shape index (κ1) is 17.4. The third kappa shape index (κ3) is 2.97. The van der Waals surface area contributed by atoms with E-state index in [0.717, 1.165) is 5.46 Å². The van der Waals surface area contributed by atoms with Gasteiger partial charge in [-0.15, -0.1) is 0 Å². The maximum absolute atomic E-state index is 12.4. The number of aliphatic hydroxyl groups is 2. The largest absolute Gasteiger partial charge is 0.494 e. The molecule has 0 aliphatic carbocycles. The zero-order chi connectivity index (χ0) is 17.7. The minimum Gasteiger partial charge on any atom is -0.399 e. The zero-order valence-corrected chi connectivity index (χ0v) is 14.5. The van der Waals surface area contributed by atoms with Gasteiger partial charge in [0.1, 0.15) is 0 Å². The lowest BCUT2D eigenvalue weighted by Crippen LogP contribution is -2.41. The summed E-state index contributed by atoms with van der Waals surface area (Å²) < 4.78 is 12.0. The van der Waals surface area contributed by atoms with Gasteiger partial charge in [0.15, 0.2) is 0 Å². The SMILES string of the molecule is CC1(C)OB(c2ccc(C(=O)N3C[C@H](O)[C@@H](O)C3)cc2)OC1(C)C. The van der Waals surface area contributed by atoms with Crippen molar-refractivity contribution in [1.29, 1.82) is 0 Å². The zero-order valence-electron chi connectivity index (χ0n) is 14.5. The summed E-state index contributed by atoms with van der Waals surface area (Å²) in [6.45, 7) is 8.28. The van der Waals surface area contributed by atoms with Crippen LogP contribution in [0, 0.1) is 0 Å². The van der Waals surface area contributed by atoms with Crippen LogP contribution < -0.4 is 5.46 Å². The van der Waals surface area contributed by atoms with Gasteiger partial charge in [-0.1, -0.05) is 12.1 Å². The molecule has 0 bridgehead atoms. The van der Waals surface area contributed by atoms with Gasteiger partial charge >= 0.3 is 7.12 Å². The number of nitrogens with zero attached hydrogens (tertiary/aromatic N) is 1. The van der Waals surface area contributed by atoms with Crippen molar-refractivity contribution in [3.63, 3.8) is 0 Å². The Morgan fingerprint density at radius 3 is 1.96 bits per heavy atom. The second-order valence-electron chi connectivity index (χ2n) is 7.56. The second-order valence-corrected chi connectivity index (χ2v) is 7.56. The lowest BCUT2D eigenvalue weighted by Gasteiger charge is -2.32. The van der Waals surface area contributed by atoms with Crippen molar-refractivity contribution in [3.8, 4) is 0 Å². The van der Waals surface area contributed by atoms with Crippen molar-refractivity contribution < 1.29 is 24.3 Å². The van der Waals surface area contributed by atoms with E-state index in [4.69, 9.17) is 9.31 Å². The molecule has 0 aromatic heterocycles. The Labute approximate surface area is 142 Å². The molecule has 24 heavy (non-hydrogen) atoms. The number of amides is 1. The van der Waals surface area contributed by atoms with Crippen LogP contribution in [0.15, 0.2) is 24.3 Å². The molecule has 3 rings (SSSR count). The molecule has 0 radical (unpaired) electrons. The van der Waals surface area contributed by atoms with E-state index in [2.05, 4.69) is 0 Å². The fourth-order valence-electron chi connectivity index (χ4n) is 2.88. The Kier molecular flexibility index (Phi) is 4.24. The highest BCUT2D eigenvalue weighted by atomic mass is 16.7. The van der Waals surface area contributed by atoms with Crippen LogP contribution in [0.1, 0.15) is 38.1 Å². The van der Waals surface area contributed by atoms with Crippen LogP contribution in [0.3, 0.4) is 0 Å². The third-order valence-electron chi connectivity index (χ3n) is 5.23. The molecule has 2 fully saturated rings. The Morgan fingerprint density at radius 2 is 1.50 bits per heavy atom. The summed E-state index contributed by atoms with van der Waals surface area (Å²) in [5, 5.41) is 19.1. The Morgan fingerprint density at radius 1 is 1.04 bits per heavy atom. The van der Waals surface area contributed by atoms with E-state index in [0.29, 0.717) is 5.56 Å². The first-order valence-electron chi connectivity index (χ1n) is 8.22. The van der Waals surface area contributed by atoms with Crippen LogP contribution in [0.2, 0.25) is 0 Å². The topological polar surface area (TPSA) is 79.2 Å². The first-order chi connectivity index (χ1) is 11.1. The minimum absolute atomic E-state index is 0.152. The van der Waals surface area contributed by atoms with E-state index >= 15 is 0 Å². The van der Waals surface area contributed by atoms with Crippen LogP contribution in [-0.4, -0.2) is 64.6 Å². The monoisotopic (exact) mass is 333 g/mol. The highest BCUT2D eigenvalue weighted by Gasteiger charge is 2.51. The molecule has 7 heteroatoms. The molecule has 0 unspecified atom stereocenters. The number of rotatable bonds is 2. The van der Waals surface area contributed by atoms with E-state index < -0.39 is 30.5 Å². The Hall–Kier alpha value is -1.41. The summed E-state index contributed by atoms with van der Waals surface area (Å²) in [5.74, 6) is -0.203. The summed E-state index contributed by atoms with van der Waals surface area (Å²) in [6, 6.07) is 7.08. The maximum Gasteiger partial charge on any atom is 0.494 e. The highest BCUT2D eigenvalue weighted by molar-refractivity contribution is 6.62. The number of aliphatic hydroxyl groups excluding tert-OH is 2. The average molecular weight is 333 g/mol. The van der Waals surface area contributed by atoms with E-state index in [-0.39, 0.29) is 19.0 Å². The average Bonchev–Trinajstić information content (AvgIpc) is 2.95. The third-order valence-corrected chi connectivity index (χ3v) is 5.23. The molecule has 0 saturated carbocycles. The maximum atomic E-state index is 12.4. The number of hydrogen-bond donors (Lipinski definition) is 2. The molecule has 1 aromatic rings. The van der Waals surface area contributed by atoms with Gasteiger partial charge in [0.2, 0.25) is 0 Å². The smallest absolute Gasteiger partial charge is 0.399 e. The quantitative estimate of drug-likeness (QED) is 0.754. The van der Waals surface area contributed by atoms with Crippen molar-refractivity contribution in [2.45, 2.75) is 51.1 Å². The molecule has 2 heterocycles. The first-order valence-corrected chi connectivity index (χ1v) is 8.22. The number of likely N-dealkylation sites (tertiary alicyclic amines) is 1. The number of benzene rings is 1. The van der Waals surface area contributed by atoms with Gasteiger partial charge in [0.05, 0.1) is 23.4 Å². The van der Waals surface area contributed by atoms with Crippen LogP contribution in [0.5, 0.6) is 0 Å². The van der Waals surface area contributed by atoms with E-state index in [9.17, 15) is 15.0 Å². The predicted molar refractivity (Wildman–Crippen MR) is 90.1 cm³/mol. The molecule has 0 spiro atoms. The van der Waals surface area contributed by atoms with Gasteiger partial charge in [-0.3, -0.25) is 4.79 Å². The lowest BCUT2D eigenvalue weighted by molar-refractivity contribution is 0.00578. The Balaban J connectivity index is 1.72. The summed E-state index contributed by atoms with van der Waals surface area (Å²) in [4.78, 5) is 13.9. The van der Waals surface area contributed by atoms with Crippen molar-refractivity contribution in [2.24, 2.45) is 0 Å². The van der Waals surface area contributed by atoms with Crippen LogP contribution in [0.25, 0.3) is 0 Å². The van der Waals surface area contributed by atoms with Crippen molar-refractivity contribution in [2.75, 3.05) is 13.1 Å². The fourth-order valence-corrected chi connectivity index (χ4v) is 2.88. The Bertz CT molecular complexity index is 604. The molecule has 2 atom stereocenters. The van der Waals surface area contributed by atoms with Gasteiger partial charge in [-0.05, 0) is 45.3 Å². The molecule has 1 amide bonds. The normalized spacial score (nSPS) is 28.4. The number of β-amino-alcohol motifs (C(OH)–C–C–N with tert-alkyl or cyclic N) is 2. The highest BCUT2D eigenvalue weighted by Crippen LogP contribution is 2.36. The molecule has 2 saturated heterocycles. The lowest BCUT2D eigenvalue weighted by atomic mass is 9.79. The van der Waals surface area contributed by atoms with Gasteiger partial charge < -0.3 is 24.4 Å². The van der Waals surface area contributed by atoms with Crippen molar-refractivity contribution in [1.82, 2.24) is 4.90 Å². The van der Waals surface area contributed by atoms with Gasteiger partial charge in [0, 0.05) is 18.7 Å². The van der Waals surface area contributed by atoms with Gasteiger partial charge in [0.25, 0.3) is 5.91 Å². The molecular formula is C17H24BNO5. The van der Waals surface area contributed by atoms with Crippen molar-refractivity contribution >= 4 is 18.5 Å². The van der Waals surface area contributed by atoms with Gasteiger partial charge in [-0.2, -0.15) is 0 Å². The molecule has 2 aliphatic rings. The fraction of sp³-hybridized carbons (Fsp3) is 0.588. The van der Waals surface area contributed by atoms with Crippen LogP contribution in [-0.2, 0) is 9.31 Å². The van der Waals surface area contributed by atoms with Crippen LogP contribution in [0.4, 0.5) is 0 Å². The predicted octanol–water partition coefficient (Wildman–Crippen LogP) is 0.163. The van der Waals surface area contributed by atoms with Crippen LogP contribution >= 0.6 is 0 Å². The van der Waals surface area contributed by atoms with E-state index in [1.54, 1.807) is 12.1 Å². The summed E-state index contributed by atoms with van der Waals surface area (Å²) in [7, 11) is -0.463. The molecule has 2 aliphatic heterocycles. The second kappa shape index (κ2) is 5.84. The molecule has 1 aromatic carbocycles. The van der Waals surface area contributed by atoms with E-state index in [1.165, 1.54) is 4.90 Å². The molecule has 6 nitrogen and oxygen atoms in total. The standard InChI is InChI=1S/C17H24BNO5/c1-16(2)17(3,4)24-18(23-16)12-7-5-11(6-8-12)15(22)19-9-13(20)14(21)10-19/h5-8,13-14,20-21H,9-10H2,1-4H3/t13-,14-/m0/s1. The number of carbonyl (C=O) groups excluding carboxylic acids is 1. The molecule has 2 N–H and O–H groups in total. The summed E-state index contributed by atoms with van der Waals surface area (Å²) in [5.41, 5.74) is 0.547. The molecular weight excluding hydrogens is 309 g/mol. The van der Waals surface area contributed by atoms with E-state index in [1.807, 2.05) is 39.8 Å². The minimum atomic E-state index is -0.877. The summed E-state index contributed by atoms with van der Waals surface area (Å²) >= 11 is 0.